The van der Waals surface area contributed by atoms with Crippen LogP contribution in [0.15, 0.2) is 59.4 Å². The lowest BCUT2D eigenvalue weighted by Gasteiger charge is -2.19. The molecule has 0 saturated heterocycles. The highest BCUT2D eigenvalue weighted by Crippen LogP contribution is 2.20. The van der Waals surface area contributed by atoms with Crippen LogP contribution in [0.5, 0.6) is 0 Å². The number of carbonyl (C=O) groups excluding carboxylic acids is 1. The topological polar surface area (TPSA) is 83.9 Å². The van der Waals surface area contributed by atoms with Crippen LogP contribution in [0.25, 0.3) is 22.0 Å². The monoisotopic (exact) mass is 489 g/mol. The molecule has 1 amide bonds. The Hall–Kier alpha value is -3.81. The normalized spacial score (nSPS) is 11.4. The molecule has 0 aliphatic rings. The quantitative estimate of drug-likeness (QED) is 0.315. The third-order valence-electron chi connectivity index (χ3n) is 6.15. The molecule has 8 heteroatoms. The van der Waals surface area contributed by atoms with Gasteiger partial charge in [0.25, 0.3) is 11.5 Å². The lowest BCUT2D eigenvalue weighted by atomic mass is 10.1. The number of hydrogen-bond donors (Lipinski definition) is 1. The number of nitrogens with one attached hydrogen (secondary N) is 1. The highest BCUT2D eigenvalue weighted by Gasteiger charge is 2.20. The van der Waals surface area contributed by atoms with Crippen LogP contribution in [-0.2, 0) is 13.0 Å². The average Bonchev–Trinajstić information content (AvgIpc) is 3.34. The molecule has 1 N–H and O–H groups in total. The zero-order valence-corrected chi connectivity index (χ0v) is 21.0. The third-order valence-corrected chi connectivity index (χ3v) is 6.15. The minimum absolute atomic E-state index is 0.169. The molecule has 0 saturated carbocycles. The fourth-order valence-corrected chi connectivity index (χ4v) is 4.27. The van der Waals surface area contributed by atoms with Crippen molar-refractivity contribution in [3.8, 4) is 11.3 Å². The SMILES string of the molecule is CC(C)Cn1nc(C(=O)N(C)CCCCCc2cc(-c3cccc(F)c3)n[nH]2)c2ccccc2c1=O. The molecule has 0 fully saturated rings. The molecule has 4 rings (SSSR count). The van der Waals surface area contributed by atoms with Gasteiger partial charge in [0.2, 0.25) is 0 Å². The molecule has 2 heterocycles. The molecule has 4 aromatic rings. The Morgan fingerprint density at radius 1 is 1.06 bits per heavy atom. The predicted octanol–water partition coefficient (Wildman–Crippen LogP) is 5.07. The third kappa shape index (κ3) is 5.87. The number of aryl methyl sites for hydroxylation is 1. The minimum atomic E-state index is -0.280. The smallest absolute Gasteiger partial charge is 0.274 e. The summed E-state index contributed by atoms with van der Waals surface area (Å²) >= 11 is 0. The maximum atomic E-state index is 13.5. The zero-order chi connectivity index (χ0) is 25.7. The van der Waals surface area contributed by atoms with E-state index in [1.165, 1.54) is 16.8 Å². The number of carbonyl (C=O) groups is 1. The van der Waals surface area contributed by atoms with Crippen molar-refractivity contribution in [2.45, 2.75) is 46.1 Å². The van der Waals surface area contributed by atoms with Crippen LogP contribution in [0.4, 0.5) is 4.39 Å². The molecular formula is C28H32FN5O2. The lowest BCUT2D eigenvalue weighted by molar-refractivity contribution is 0.0786. The van der Waals surface area contributed by atoms with Gasteiger partial charge >= 0.3 is 0 Å². The molecule has 2 aromatic heterocycles. The fraction of sp³-hybridized carbons (Fsp3) is 0.357. The first-order valence-electron chi connectivity index (χ1n) is 12.4. The van der Waals surface area contributed by atoms with Crippen molar-refractivity contribution in [1.82, 2.24) is 24.9 Å². The number of fused-ring (bicyclic) bond motifs is 1. The Kier molecular flexibility index (Phi) is 7.93. The number of halogens is 1. The van der Waals surface area contributed by atoms with Crippen molar-refractivity contribution < 1.29 is 9.18 Å². The maximum Gasteiger partial charge on any atom is 0.274 e. The second-order valence-electron chi connectivity index (χ2n) is 9.60. The number of hydrogen-bond acceptors (Lipinski definition) is 4. The summed E-state index contributed by atoms with van der Waals surface area (Å²) in [6.45, 7) is 5.09. The minimum Gasteiger partial charge on any atom is -0.340 e. The number of unbranched alkanes of at least 4 members (excludes halogenated alkanes) is 2. The van der Waals surface area contributed by atoms with E-state index in [4.69, 9.17) is 0 Å². The van der Waals surface area contributed by atoms with Crippen molar-refractivity contribution in [3.63, 3.8) is 0 Å². The van der Waals surface area contributed by atoms with E-state index in [9.17, 15) is 14.0 Å². The number of rotatable bonds is 10. The molecule has 7 nitrogen and oxygen atoms in total. The van der Waals surface area contributed by atoms with Gasteiger partial charge in [-0.1, -0.05) is 50.6 Å². The van der Waals surface area contributed by atoms with Crippen molar-refractivity contribution in [1.29, 1.82) is 0 Å². The second-order valence-corrected chi connectivity index (χ2v) is 9.60. The van der Waals surface area contributed by atoms with E-state index in [1.54, 1.807) is 30.1 Å². The van der Waals surface area contributed by atoms with Crippen LogP contribution in [0.2, 0.25) is 0 Å². The van der Waals surface area contributed by atoms with Crippen LogP contribution in [0.1, 0.15) is 49.3 Å². The van der Waals surface area contributed by atoms with Gasteiger partial charge in [0.1, 0.15) is 5.82 Å². The van der Waals surface area contributed by atoms with E-state index >= 15 is 0 Å². The molecule has 0 atom stereocenters. The van der Waals surface area contributed by atoms with E-state index < -0.39 is 0 Å². The van der Waals surface area contributed by atoms with Crippen LogP contribution in [-0.4, -0.2) is 44.4 Å². The first kappa shape index (κ1) is 25.3. The van der Waals surface area contributed by atoms with Gasteiger partial charge in [0, 0.05) is 36.8 Å². The van der Waals surface area contributed by atoms with Crippen LogP contribution in [0.3, 0.4) is 0 Å². The van der Waals surface area contributed by atoms with E-state index in [2.05, 4.69) is 15.3 Å². The summed E-state index contributed by atoms with van der Waals surface area (Å²) in [5, 5.41) is 12.9. The van der Waals surface area contributed by atoms with Crippen LogP contribution < -0.4 is 5.56 Å². The van der Waals surface area contributed by atoms with Gasteiger partial charge in [0.15, 0.2) is 5.69 Å². The Morgan fingerprint density at radius 3 is 2.58 bits per heavy atom. The summed E-state index contributed by atoms with van der Waals surface area (Å²) in [5.41, 5.74) is 2.63. The summed E-state index contributed by atoms with van der Waals surface area (Å²) < 4.78 is 14.9. The predicted molar refractivity (Wildman–Crippen MR) is 139 cm³/mol. The van der Waals surface area contributed by atoms with Gasteiger partial charge in [-0.3, -0.25) is 14.7 Å². The Balaban J connectivity index is 1.33. The maximum absolute atomic E-state index is 13.5. The number of H-pyrrole nitrogens is 1. The Bertz CT molecular complexity index is 1410. The number of aromatic amines is 1. The van der Waals surface area contributed by atoms with Gasteiger partial charge in [-0.15, -0.1) is 0 Å². The van der Waals surface area contributed by atoms with Crippen molar-refractivity contribution in [2.24, 2.45) is 5.92 Å². The molecule has 0 aliphatic carbocycles. The van der Waals surface area contributed by atoms with E-state index in [0.29, 0.717) is 29.6 Å². The van der Waals surface area contributed by atoms with E-state index in [1.807, 2.05) is 38.1 Å². The summed E-state index contributed by atoms with van der Waals surface area (Å²) in [6, 6.07) is 15.5. The molecule has 0 bridgehead atoms. The van der Waals surface area contributed by atoms with E-state index in [-0.39, 0.29) is 23.2 Å². The largest absolute Gasteiger partial charge is 0.340 e. The standard InChI is InChI=1S/C28H32FN5O2/c1-19(2)18-34-27(35)24-14-7-6-13-23(24)26(32-34)28(36)33(3)15-8-4-5-12-22-17-25(31-30-22)20-10-9-11-21(29)16-20/h6-7,9-11,13-14,16-17,19H,4-5,8,12,15,18H2,1-3H3,(H,30,31). The van der Waals surface area contributed by atoms with Crippen LogP contribution in [0, 0.1) is 11.7 Å². The number of benzene rings is 2. The van der Waals surface area contributed by atoms with Gasteiger partial charge in [0.05, 0.1) is 11.1 Å². The highest BCUT2D eigenvalue weighted by atomic mass is 19.1. The molecule has 0 radical (unpaired) electrons. The molecule has 0 aliphatic heterocycles. The van der Waals surface area contributed by atoms with Gasteiger partial charge in [-0.25, -0.2) is 9.07 Å². The first-order chi connectivity index (χ1) is 17.3. The number of amides is 1. The summed E-state index contributed by atoms with van der Waals surface area (Å²) in [7, 11) is 1.77. The van der Waals surface area contributed by atoms with Gasteiger partial charge in [-0.2, -0.15) is 10.2 Å². The van der Waals surface area contributed by atoms with Crippen molar-refractivity contribution in [2.75, 3.05) is 13.6 Å². The number of aromatic nitrogens is 4. The molecule has 0 spiro atoms. The summed E-state index contributed by atoms with van der Waals surface area (Å²) in [6.07, 6.45) is 3.54. The molecule has 2 aromatic carbocycles. The summed E-state index contributed by atoms with van der Waals surface area (Å²) in [4.78, 5) is 27.8. The average molecular weight is 490 g/mol. The molecular weight excluding hydrogens is 457 g/mol. The number of nitrogens with zero attached hydrogens (tertiary/aromatic N) is 4. The van der Waals surface area contributed by atoms with Gasteiger partial charge < -0.3 is 4.90 Å². The lowest BCUT2D eigenvalue weighted by Crippen LogP contribution is -2.33. The van der Waals surface area contributed by atoms with Gasteiger partial charge in [-0.05, 0) is 49.4 Å². The first-order valence-corrected chi connectivity index (χ1v) is 12.4. The van der Waals surface area contributed by atoms with E-state index in [0.717, 1.165) is 42.6 Å². The van der Waals surface area contributed by atoms with Crippen LogP contribution >= 0.6 is 0 Å². The van der Waals surface area contributed by atoms with Crippen molar-refractivity contribution >= 4 is 16.7 Å². The Labute approximate surface area is 210 Å². The highest BCUT2D eigenvalue weighted by molar-refractivity contribution is 6.04. The molecule has 0 unspecified atom stereocenters. The zero-order valence-electron chi connectivity index (χ0n) is 21.0. The molecule has 188 valence electrons. The van der Waals surface area contributed by atoms with Crippen molar-refractivity contribution in [3.05, 3.63) is 82.2 Å². The fourth-order valence-electron chi connectivity index (χ4n) is 4.27. The second kappa shape index (κ2) is 11.3. The molecule has 36 heavy (non-hydrogen) atoms. The summed E-state index contributed by atoms with van der Waals surface area (Å²) in [5.74, 6) is -0.230. The Morgan fingerprint density at radius 2 is 1.83 bits per heavy atom.